The molecule has 1 amide bonds. The SMILES string of the molecule is CC(C)(C)Oc1ccc(C2SCC(=O)N2Cc2cccs2)cc1. The van der Waals surface area contributed by atoms with Crippen LogP contribution in [0.3, 0.4) is 0 Å². The number of carbonyl (C=O) groups excluding carboxylic acids is 1. The summed E-state index contributed by atoms with van der Waals surface area (Å²) in [6.07, 6.45) is 0. The Morgan fingerprint density at radius 2 is 1.96 bits per heavy atom. The van der Waals surface area contributed by atoms with Gasteiger partial charge in [-0.2, -0.15) is 0 Å². The van der Waals surface area contributed by atoms with Crippen molar-refractivity contribution in [3.8, 4) is 5.75 Å². The molecule has 0 N–H and O–H groups in total. The Bertz CT molecular complexity index is 659. The molecule has 1 unspecified atom stereocenters. The minimum atomic E-state index is -0.204. The third kappa shape index (κ3) is 4.09. The molecule has 1 aliphatic rings. The predicted octanol–water partition coefficient (Wildman–Crippen LogP) is 4.70. The van der Waals surface area contributed by atoms with Gasteiger partial charge in [0.05, 0.1) is 12.3 Å². The van der Waals surface area contributed by atoms with E-state index in [9.17, 15) is 4.79 Å². The quantitative estimate of drug-likeness (QED) is 0.803. The number of hydrogen-bond donors (Lipinski definition) is 0. The Labute approximate surface area is 145 Å². The molecule has 1 aromatic heterocycles. The molecule has 2 aromatic rings. The number of hydrogen-bond acceptors (Lipinski definition) is 4. The molecular weight excluding hydrogens is 326 g/mol. The average Bonchev–Trinajstić information content (AvgIpc) is 3.10. The second-order valence-electron chi connectivity index (χ2n) is 6.55. The molecule has 1 aromatic carbocycles. The van der Waals surface area contributed by atoms with Gasteiger partial charge in [0.15, 0.2) is 0 Å². The van der Waals surface area contributed by atoms with Gasteiger partial charge in [0.25, 0.3) is 0 Å². The number of nitrogens with zero attached hydrogens (tertiary/aromatic N) is 1. The Balaban J connectivity index is 1.75. The Morgan fingerprint density at radius 3 is 2.57 bits per heavy atom. The van der Waals surface area contributed by atoms with Gasteiger partial charge in [0, 0.05) is 4.88 Å². The minimum absolute atomic E-state index is 0.0910. The maximum absolute atomic E-state index is 12.2. The van der Waals surface area contributed by atoms with E-state index in [-0.39, 0.29) is 16.9 Å². The average molecular weight is 348 g/mol. The lowest BCUT2D eigenvalue weighted by atomic mass is 10.1. The van der Waals surface area contributed by atoms with E-state index in [4.69, 9.17) is 4.74 Å². The number of ether oxygens (including phenoxy) is 1. The Hall–Kier alpha value is -1.46. The Kier molecular flexibility index (Phi) is 4.69. The van der Waals surface area contributed by atoms with E-state index in [1.54, 1.807) is 23.1 Å². The second-order valence-corrected chi connectivity index (χ2v) is 8.65. The smallest absolute Gasteiger partial charge is 0.234 e. The van der Waals surface area contributed by atoms with Gasteiger partial charge < -0.3 is 9.64 Å². The van der Waals surface area contributed by atoms with Gasteiger partial charge in [0.1, 0.15) is 16.7 Å². The summed E-state index contributed by atoms with van der Waals surface area (Å²) in [4.78, 5) is 15.4. The Morgan fingerprint density at radius 1 is 1.22 bits per heavy atom. The van der Waals surface area contributed by atoms with Gasteiger partial charge in [-0.05, 0) is 49.9 Å². The standard InChI is InChI=1S/C18H21NO2S2/c1-18(2,3)21-14-8-6-13(7-9-14)17-19(16(20)12-23-17)11-15-5-4-10-22-15/h4-10,17H,11-12H2,1-3H3. The zero-order valence-electron chi connectivity index (χ0n) is 13.6. The lowest BCUT2D eigenvalue weighted by Crippen LogP contribution is -2.27. The zero-order valence-corrected chi connectivity index (χ0v) is 15.2. The lowest BCUT2D eigenvalue weighted by Gasteiger charge is -2.25. The first-order valence-electron chi connectivity index (χ1n) is 7.65. The van der Waals surface area contributed by atoms with Gasteiger partial charge in [0.2, 0.25) is 5.91 Å². The molecule has 23 heavy (non-hydrogen) atoms. The molecule has 1 aliphatic heterocycles. The van der Waals surface area contributed by atoms with E-state index in [2.05, 4.69) is 23.6 Å². The number of thiophene rings is 1. The van der Waals surface area contributed by atoms with Crippen molar-refractivity contribution in [2.45, 2.75) is 38.3 Å². The molecule has 0 spiro atoms. The summed E-state index contributed by atoms with van der Waals surface area (Å²) in [6, 6.07) is 12.2. The first kappa shape index (κ1) is 16.4. The van der Waals surface area contributed by atoms with E-state index in [0.29, 0.717) is 12.3 Å². The fourth-order valence-electron chi connectivity index (χ4n) is 2.53. The van der Waals surface area contributed by atoms with Crippen molar-refractivity contribution in [3.63, 3.8) is 0 Å². The van der Waals surface area contributed by atoms with Crippen LogP contribution < -0.4 is 4.74 Å². The number of thioether (sulfide) groups is 1. The van der Waals surface area contributed by atoms with Gasteiger partial charge in [-0.3, -0.25) is 4.79 Å². The summed E-state index contributed by atoms with van der Waals surface area (Å²) in [5.74, 6) is 1.62. The molecule has 0 aliphatic carbocycles. The highest BCUT2D eigenvalue weighted by molar-refractivity contribution is 8.00. The van der Waals surface area contributed by atoms with Crippen LogP contribution in [0.4, 0.5) is 0 Å². The molecule has 2 heterocycles. The summed E-state index contributed by atoms with van der Waals surface area (Å²) in [6.45, 7) is 6.80. The van der Waals surface area contributed by atoms with Crippen LogP contribution >= 0.6 is 23.1 Å². The normalized spacial score (nSPS) is 18.5. The minimum Gasteiger partial charge on any atom is -0.488 e. The molecule has 0 radical (unpaired) electrons. The molecule has 0 bridgehead atoms. The highest BCUT2D eigenvalue weighted by atomic mass is 32.2. The summed E-state index contributed by atoms with van der Waals surface area (Å²) >= 11 is 3.39. The van der Waals surface area contributed by atoms with Crippen LogP contribution in [0.2, 0.25) is 0 Å². The van der Waals surface area contributed by atoms with E-state index < -0.39 is 0 Å². The third-order valence-corrected chi connectivity index (χ3v) is 5.58. The predicted molar refractivity (Wildman–Crippen MR) is 96.9 cm³/mol. The molecule has 5 heteroatoms. The number of benzene rings is 1. The molecule has 1 saturated heterocycles. The first-order valence-corrected chi connectivity index (χ1v) is 9.58. The lowest BCUT2D eigenvalue weighted by molar-refractivity contribution is -0.128. The third-order valence-electron chi connectivity index (χ3n) is 3.46. The number of amides is 1. The van der Waals surface area contributed by atoms with Gasteiger partial charge in [-0.1, -0.05) is 18.2 Å². The topological polar surface area (TPSA) is 29.5 Å². The maximum atomic E-state index is 12.2. The van der Waals surface area contributed by atoms with Crippen LogP contribution in [0.15, 0.2) is 41.8 Å². The van der Waals surface area contributed by atoms with Crippen LogP contribution in [0.1, 0.15) is 36.6 Å². The zero-order chi connectivity index (χ0) is 16.4. The largest absolute Gasteiger partial charge is 0.488 e. The van der Waals surface area contributed by atoms with Crippen LogP contribution in [-0.4, -0.2) is 22.2 Å². The van der Waals surface area contributed by atoms with Crippen molar-refractivity contribution in [3.05, 3.63) is 52.2 Å². The number of rotatable bonds is 4. The van der Waals surface area contributed by atoms with E-state index in [1.165, 1.54) is 4.88 Å². The van der Waals surface area contributed by atoms with E-state index in [0.717, 1.165) is 11.3 Å². The summed E-state index contributed by atoms with van der Waals surface area (Å²) in [5.41, 5.74) is 0.948. The monoisotopic (exact) mass is 347 g/mol. The molecule has 0 saturated carbocycles. The van der Waals surface area contributed by atoms with Crippen molar-refractivity contribution in [2.75, 3.05) is 5.75 Å². The summed E-state index contributed by atoms with van der Waals surface area (Å²) < 4.78 is 5.87. The highest BCUT2D eigenvalue weighted by Gasteiger charge is 2.32. The summed E-state index contributed by atoms with van der Waals surface area (Å²) in [5, 5.41) is 2.14. The molecule has 3 rings (SSSR count). The van der Waals surface area contributed by atoms with Crippen LogP contribution in [0, 0.1) is 0 Å². The molecule has 3 nitrogen and oxygen atoms in total. The van der Waals surface area contributed by atoms with Crippen molar-refractivity contribution >= 4 is 29.0 Å². The van der Waals surface area contributed by atoms with Crippen molar-refractivity contribution in [2.24, 2.45) is 0 Å². The van der Waals surface area contributed by atoms with Crippen molar-refractivity contribution in [1.82, 2.24) is 4.90 Å². The van der Waals surface area contributed by atoms with E-state index >= 15 is 0 Å². The van der Waals surface area contributed by atoms with Gasteiger partial charge in [-0.25, -0.2) is 0 Å². The van der Waals surface area contributed by atoms with Crippen LogP contribution in [-0.2, 0) is 11.3 Å². The van der Waals surface area contributed by atoms with Gasteiger partial charge in [-0.15, -0.1) is 23.1 Å². The first-order chi connectivity index (χ1) is 10.9. The van der Waals surface area contributed by atoms with E-state index in [1.807, 2.05) is 43.9 Å². The summed E-state index contributed by atoms with van der Waals surface area (Å²) in [7, 11) is 0. The van der Waals surface area contributed by atoms with Crippen molar-refractivity contribution < 1.29 is 9.53 Å². The van der Waals surface area contributed by atoms with Crippen LogP contribution in [0.25, 0.3) is 0 Å². The molecule has 122 valence electrons. The molecule has 1 fully saturated rings. The maximum Gasteiger partial charge on any atom is 0.234 e. The van der Waals surface area contributed by atoms with Gasteiger partial charge >= 0.3 is 0 Å². The van der Waals surface area contributed by atoms with Crippen LogP contribution in [0.5, 0.6) is 5.75 Å². The fourth-order valence-corrected chi connectivity index (χ4v) is 4.42. The molecule has 1 atom stereocenters. The fraction of sp³-hybridized carbons (Fsp3) is 0.389. The number of carbonyl (C=O) groups is 1. The van der Waals surface area contributed by atoms with Crippen molar-refractivity contribution in [1.29, 1.82) is 0 Å². The second kappa shape index (κ2) is 6.57. The highest BCUT2D eigenvalue weighted by Crippen LogP contribution is 2.40. The molecular formula is C18H21NO2S2.